The minimum atomic E-state index is -1.17. The summed E-state index contributed by atoms with van der Waals surface area (Å²) in [5.74, 6) is -4.36. The van der Waals surface area contributed by atoms with Crippen molar-refractivity contribution in [1.29, 1.82) is 0 Å². The molecule has 8 heteroatoms. The van der Waals surface area contributed by atoms with Gasteiger partial charge in [-0.25, -0.2) is 8.78 Å². The number of halogens is 2. The molecular formula is C22H22F2N2O4. The number of hydrogen-bond donors (Lipinski definition) is 1. The van der Waals surface area contributed by atoms with Crippen LogP contribution < -0.4 is 10.2 Å². The number of amides is 2. The van der Waals surface area contributed by atoms with Gasteiger partial charge < -0.3 is 15.0 Å². The van der Waals surface area contributed by atoms with Crippen molar-refractivity contribution in [2.75, 3.05) is 16.8 Å². The van der Waals surface area contributed by atoms with Crippen molar-refractivity contribution < 1.29 is 27.9 Å². The SMILES string of the molecule is CCc1ccccc1N1C[C@H](C(=O)O[C@H](C)C(=O)Nc2ccc(F)c(F)c2)CC1=O. The van der Waals surface area contributed by atoms with Crippen LogP contribution in [0.4, 0.5) is 20.2 Å². The summed E-state index contributed by atoms with van der Waals surface area (Å²) in [5.41, 5.74) is 1.81. The monoisotopic (exact) mass is 416 g/mol. The highest BCUT2D eigenvalue weighted by molar-refractivity contribution is 6.01. The largest absolute Gasteiger partial charge is 0.452 e. The van der Waals surface area contributed by atoms with Crippen LogP contribution in [-0.2, 0) is 25.5 Å². The summed E-state index contributed by atoms with van der Waals surface area (Å²) in [6.45, 7) is 3.53. The van der Waals surface area contributed by atoms with Gasteiger partial charge in [-0.15, -0.1) is 0 Å². The van der Waals surface area contributed by atoms with Crippen molar-refractivity contribution >= 4 is 29.2 Å². The van der Waals surface area contributed by atoms with Gasteiger partial charge >= 0.3 is 5.97 Å². The number of anilines is 2. The second kappa shape index (κ2) is 9.02. The molecule has 0 saturated carbocycles. The van der Waals surface area contributed by atoms with Gasteiger partial charge in [0.15, 0.2) is 17.7 Å². The first kappa shape index (κ1) is 21.4. The fraction of sp³-hybridized carbons (Fsp3) is 0.318. The summed E-state index contributed by atoms with van der Waals surface area (Å²) < 4.78 is 31.5. The molecule has 1 aliphatic rings. The lowest BCUT2D eigenvalue weighted by Gasteiger charge is -2.20. The summed E-state index contributed by atoms with van der Waals surface area (Å²) in [5, 5.41) is 2.36. The lowest BCUT2D eigenvalue weighted by atomic mass is 10.1. The zero-order chi connectivity index (χ0) is 21.8. The Bertz CT molecular complexity index is 979. The van der Waals surface area contributed by atoms with Crippen LogP contribution in [0.3, 0.4) is 0 Å². The summed E-state index contributed by atoms with van der Waals surface area (Å²) >= 11 is 0. The third kappa shape index (κ3) is 4.64. The molecule has 1 heterocycles. The minimum absolute atomic E-state index is 0.00556. The molecule has 1 N–H and O–H groups in total. The fourth-order valence-electron chi connectivity index (χ4n) is 3.31. The van der Waals surface area contributed by atoms with Crippen LogP contribution >= 0.6 is 0 Å². The van der Waals surface area contributed by atoms with Gasteiger partial charge in [0, 0.05) is 30.4 Å². The molecule has 2 amide bonds. The quantitative estimate of drug-likeness (QED) is 0.732. The van der Waals surface area contributed by atoms with E-state index in [9.17, 15) is 23.2 Å². The van der Waals surface area contributed by atoms with Crippen LogP contribution in [0.15, 0.2) is 42.5 Å². The minimum Gasteiger partial charge on any atom is -0.452 e. The number of carbonyl (C=O) groups is 3. The molecule has 3 rings (SSSR count). The number of esters is 1. The highest BCUT2D eigenvalue weighted by Gasteiger charge is 2.37. The van der Waals surface area contributed by atoms with E-state index in [1.807, 2.05) is 31.2 Å². The Morgan fingerprint density at radius 3 is 2.63 bits per heavy atom. The average Bonchev–Trinajstić information content (AvgIpc) is 3.12. The predicted octanol–water partition coefficient (Wildman–Crippen LogP) is 3.45. The zero-order valence-corrected chi connectivity index (χ0v) is 16.7. The van der Waals surface area contributed by atoms with Crippen molar-refractivity contribution in [3.05, 3.63) is 59.7 Å². The number of aryl methyl sites for hydroxylation is 1. The summed E-state index contributed by atoms with van der Waals surface area (Å²) in [6, 6.07) is 10.4. The van der Waals surface area contributed by atoms with E-state index >= 15 is 0 Å². The highest BCUT2D eigenvalue weighted by atomic mass is 19.2. The van der Waals surface area contributed by atoms with Gasteiger partial charge in [-0.2, -0.15) is 0 Å². The Balaban J connectivity index is 1.60. The van der Waals surface area contributed by atoms with Gasteiger partial charge in [-0.05, 0) is 37.1 Å². The van der Waals surface area contributed by atoms with Crippen LogP contribution in [0.2, 0.25) is 0 Å². The number of nitrogens with one attached hydrogen (secondary N) is 1. The Kier molecular flexibility index (Phi) is 6.44. The second-order valence-corrected chi connectivity index (χ2v) is 7.08. The number of para-hydroxylation sites is 1. The molecule has 1 aliphatic heterocycles. The van der Waals surface area contributed by atoms with Crippen molar-refractivity contribution in [3.8, 4) is 0 Å². The van der Waals surface area contributed by atoms with Crippen molar-refractivity contribution in [3.63, 3.8) is 0 Å². The Morgan fingerprint density at radius 2 is 1.93 bits per heavy atom. The number of nitrogens with zero attached hydrogens (tertiary/aromatic N) is 1. The van der Waals surface area contributed by atoms with E-state index in [0.29, 0.717) is 0 Å². The molecule has 0 aromatic heterocycles. The molecule has 1 saturated heterocycles. The van der Waals surface area contributed by atoms with Gasteiger partial charge in [-0.1, -0.05) is 25.1 Å². The molecule has 158 valence electrons. The number of ether oxygens (including phenoxy) is 1. The number of hydrogen-bond acceptors (Lipinski definition) is 4. The van der Waals surface area contributed by atoms with Crippen LogP contribution in [0, 0.1) is 17.6 Å². The molecule has 6 nitrogen and oxygen atoms in total. The van der Waals surface area contributed by atoms with Gasteiger partial charge in [-0.3, -0.25) is 14.4 Å². The topological polar surface area (TPSA) is 75.7 Å². The first-order valence-corrected chi connectivity index (χ1v) is 9.64. The number of carbonyl (C=O) groups excluding carboxylic acids is 3. The van der Waals surface area contributed by atoms with E-state index in [2.05, 4.69) is 5.32 Å². The maximum atomic E-state index is 13.3. The molecule has 0 radical (unpaired) electrons. The lowest BCUT2D eigenvalue weighted by molar-refractivity contribution is -0.157. The van der Waals surface area contributed by atoms with Crippen molar-refractivity contribution in [1.82, 2.24) is 0 Å². The molecule has 2 aromatic rings. The van der Waals surface area contributed by atoms with Crippen LogP contribution in [0.1, 0.15) is 25.8 Å². The van der Waals surface area contributed by atoms with Crippen molar-refractivity contribution in [2.24, 2.45) is 5.92 Å². The highest BCUT2D eigenvalue weighted by Crippen LogP contribution is 2.29. The van der Waals surface area contributed by atoms with Gasteiger partial charge in [0.2, 0.25) is 5.91 Å². The first-order chi connectivity index (χ1) is 14.3. The maximum Gasteiger partial charge on any atom is 0.312 e. The standard InChI is InChI=1S/C22H22F2N2O4/c1-3-14-6-4-5-7-19(14)26-12-15(10-20(26)27)22(29)30-13(2)21(28)25-16-8-9-17(23)18(24)11-16/h4-9,11,13,15H,3,10,12H2,1-2H3,(H,25,28)/t13-,15-/m1/s1. The van der Waals surface area contributed by atoms with Crippen LogP contribution in [0.25, 0.3) is 0 Å². The molecular weight excluding hydrogens is 394 g/mol. The molecule has 1 fully saturated rings. The Morgan fingerprint density at radius 1 is 1.20 bits per heavy atom. The molecule has 2 aromatic carbocycles. The zero-order valence-electron chi connectivity index (χ0n) is 16.7. The molecule has 0 spiro atoms. The van der Waals surface area contributed by atoms with E-state index in [1.165, 1.54) is 13.0 Å². The molecule has 2 atom stereocenters. The van der Waals surface area contributed by atoms with E-state index in [-0.39, 0.29) is 24.6 Å². The van der Waals surface area contributed by atoms with Gasteiger partial charge in [0.1, 0.15) is 0 Å². The summed E-state index contributed by atoms with van der Waals surface area (Å²) in [7, 11) is 0. The lowest BCUT2D eigenvalue weighted by Crippen LogP contribution is -2.33. The van der Waals surface area contributed by atoms with Crippen LogP contribution in [-0.4, -0.2) is 30.4 Å². The third-order valence-electron chi connectivity index (χ3n) is 4.97. The average molecular weight is 416 g/mol. The van der Waals surface area contributed by atoms with E-state index < -0.39 is 35.5 Å². The summed E-state index contributed by atoms with van der Waals surface area (Å²) in [6.07, 6.45) is -0.428. The molecule has 0 bridgehead atoms. The fourth-order valence-corrected chi connectivity index (χ4v) is 3.31. The maximum absolute atomic E-state index is 13.3. The van der Waals surface area contributed by atoms with Crippen molar-refractivity contribution in [2.45, 2.75) is 32.8 Å². The summed E-state index contributed by atoms with van der Waals surface area (Å²) in [4.78, 5) is 38.7. The van der Waals surface area contributed by atoms with Gasteiger partial charge in [0.25, 0.3) is 5.91 Å². The van der Waals surface area contributed by atoms with E-state index in [0.717, 1.165) is 29.8 Å². The number of benzene rings is 2. The Hall–Kier alpha value is -3.29. The molecule has 0 unspecified atom stereocenters. The normalized spacial score (nSPS) is 17.0. The third-order valence-corrected chi connectivity index (χ3v) is 4.97. The van der Waals surface area contributed by atoms with E-state index in [4.69, 9.17) is 4.74 Å². The van der Waals surface area contributed by atoms with E-state index in [1.54, 1.807) is 4.90 Å². The van der Waals surface area contributed by atoms with Crippen LogP contribution in [0.5, 0.6) is 0 Å². The van der Waals surface area contributed by atoms with Gasteiger partial charge in [0.05, 0.1) is 5.92 Å². The smallest absolute Gasteiger partial charge is 0.312 e. The predicted molar refractivity (Wildman–Crippen MR) is 107 cm³/mol. The first-order valence-electron chi connectivity index (χ1n) is 9.64. The Labute approximate surface area is 172 Å². The number of rotatable bonds is 6. The molecule has 30 heavy (non-hydrogen) atoms. The second-order valence-electron chi connectivity index (χ2n) is 7.08. The molecule has 0 aliphatic carbocycles.